The molecule has 2 aromatic carbocycles. The molecule has 1 spiro atoms. The van der Waals surface area contributed by atoms with Crippen LogP contribution in [-0.4, -0.2) is 46.4 Å². The molecule has 0 saturated carbocycles. The van der Waals surface area contributed by atoms with E-state index in [9.17, 15) is 14.4 Å². The van der Waals surface area contributed by atoms with Gasteiger partial charge in [0, 0.05) is 37.6 Å². The number of carboxylic acids is 1. The van der Waals surface area contributed by atoms with Crippen LogP contribution < -0.4 is 4.74 Å². The van der Waals surface area contributed by atoms with Crippen LogP contribution in [0.15, 0.2) is 54.6 Å². The zero-order valence-electron chi connectivity index (χ0n) is 15.8. The first-order valence-corrected chi connectivity index (χ1v) is 9.57. The SMILES string of the molecule is O=C(O)C=Cc1ccc2c(c1)OC1(CCN(C(=O)c3ccccc3)CC1)CC2=O. The van der Waals surface area contributed by atoms with Gasteiger partial charge in [-0.3, -0.25) is 9.59 Å². The summed E-state index contributed by atoms with van der Waals surface area (Å²) >= 11 is 0. The molecule has 6 heteroatoms. The van der Waals surface area contributed by atoms with Gasteiger partial charge in [0.15, 0.2) is 5.78 Å². The van der Waals surface area contributed by atoms with Crippen LogP contribution in [0.4, 0.5) is 0 Å². The number of likely N-dealkylation sites (tertiary alicyclic amines) is 1. The summed E-state index contributed by atoms with van der Waals surface area (Å²) in [5, 5.41) is 8.80. The number of fused-ring (bicyclic) bond motifs is 1. The third-order valence-corrected chi connectivity index (χ3v) is 5.52. The molecule has 148 valence electrons. The van der Waals surface area contributed by atoms with Crippen LogP contribution in [0.3, 0.4) is 0 Å². The highest BCUT2D eigenvalue weighted by Gasteiger charge is 2.43. The van der Waals surface area contributed by atoms with E-state index >= 15 is 0 Å². The molecule has 29 heavy (non-hydrogen) atoms. The Morgan fingerprint density at radius 1 is 1.07 bits per heavy atom. The summed E-state index contributed by atoms with van der Waals surface area (Å²) in [7, 11) is 0. The van der Waals surface area contributed by atoms with Crippen LogP contribution >= 0.6 is 0 Å². The minimum Gasteiger partial charge on any atom is -0.486 e. The van der Waals surface area contributed by atoms with Crippen molar-refractivity contribution < 1.29 is 24.2 Å². The summed E-state index contributed by atoms with van der Waals surface area (Å²) < 4.78 is 6.27. The van der Waals surface area contributed by atoms with E-state index in [0.29, 0.717) is 48.4 Å². The van der Waals surface area contributed by atoms with Crippen molar-refractivity contribution in [2.45, 2.75) is 24.9 Å². The van der Waals surface area contributed by atoms with Gasteiger partial charge in [-0.2, -0.15) is 0 Å². The van der Waals surface area contributed by atoms with Gasteiger partial charge in [0.25, 0.3) is 5.91 Å². The molecular formula is C23H21NO5. The van der Waals surface area contributed by atoms with Gasteiger partial charge in [-0.25, -0.2) is 4.79 Å². The second-order valence-corrected chi connectivity index (χ2v) is 7.47. The second-order valence-electron chi connectivity index (χ2n) is 7.47. The van der Waals surface area contributed by atoms with E-state index in [4.69, 9.17) is 9.84 Å². The number of rotatable bonds is 3. The predicted molar refractivity (Wildman–Crippen MR) is 107 cm³/mol. The molecule has 0 aromatic heterocycles. The monoisotopic (exact) mass is 391 g/mol. The number of nitrogens with zero attached hydrogens (tertiary/aromatic N) is 1. The molecule has 2 heterocycles. The average Bonchev–Trinajstić information content (AvgIpc) is 2.72. The number of carboxylic acid groups (broad SMARTS) is 1. The highest BCUT2D eigenvalue weighted by Crippen LogP contribution is 2.40. The molecule has 2 aromatic rings. The normalized spacial score (nSPS) is 17.8. The lowest BCUT2D eigenvalue weighted by Crippen LogP contribution is -2.52. The Hall–Kier alpha value is -3.41. The van der Waals surface area contributed by atoms with E-state index in [2.05, 4.69) is 0 Å². The van der Waals surface area contributed by atoms with Crippen molar-refractivity contribution in [3.63, 3.8) is 0 Å². The van der Waals surface area contributed by atoms with Crippen molar-refractivity contribution >= 4 is 23.7 Å². The van der Waals surface area contributed by atoms with E-state index in [1.165, 1.54) is 6.08 Å². The number of aliphatic carboxylic acids is 1. The molecule has 0 aliphatic carbocycles. The van der Waals surface area contributed by atoms with E-state index in [0.717, 1.165) is 6.08 Å². The molecule has 0 bridgehead atoms. The quantitative estimate of drug-likeness (QED) is 0.811. The number of carbonyl (C=O) groups is 3. The molecule has 1 N–H and O–H groups in total. The summed E-state index contributed by atoms with van der Waals surface area (Å²) in [5.74, 6) is -0.546. The van der Waals surface area contributed by atoms with Crippen molar-refractivity contribution in [3.05, 3.63) is 71.3 Å². The lowest BCUT2D eigenvalue weighted by Gasteiger charge is -2.44. The Bertz CT molecular complexity index is 988. The number of benzene rings is 2. The number of ether oxygens (including phenoxy) is 1. The topological polar surface area (TPSA) is 83.9 Å². The number of hydrogen-bond donors (Lipinski definition) is 1. The number of Topliss-reactive ketones (excluding diaryl/α,β-unsaturated/α-hetero) is 1. The van der Waals surface area contributed by atoms with E-state index in [1.807, 2.05) is 18.2 Å². The summed E-state index contributed by atoms with van der Waals surface area (Å²) in [4.78, 5) is 37.9. The Morgan fingerprint density at radius 3 is 2.48 bits per heavy atom. The maximum atomic E-state index is 12.7. The van der Waals surface area contributed by atoms with Crippen LogP contribution in [0.2, 0.25) is 0 Å². The van der Waals surface area contributed by atoms with Gasteiger partial charge in [0.1, 0.15) is 11.4 Å². The highest BCUT2D eigenvalue weighted by atomic mass is 16.5. The number of hydrogen-bond acceptors (Lipinski definition) is 4. The third kappa shape index (κ3) is 3.92. The molecular weight excluding hydrogens is 370 g/mol. The Kier molecular flexibility index (Phi) is 4.92. The number of carbonyl (C=O) groups excluding carboxylic acids is 2. The minimum atomic E-state index is -1.04. The maximum absolute atomic E-state index is 12.7. The standard InChI is InChI=1S/C23H21NO5/c25-19-15-23(29-20-14-16(6-8-18(19)20)7-9-21(26)27)10-12-24(13-11-23)22(28)17-4-2-1-3-5-17/h1-9,14H,10-13,15H2,(H,26,27). The molecule has 1 saturated heterocycles. The van der Waals surface area contributed by atoms with Gasteiger partial charge in [0.2, 0.25) is 0 Å². The van der Waals surface area contributed by atoms with E-state index in [1.54, 1.807) is 35.2 Å². The fourth-order valence-corrected chi connectivity index (χ4v) is 3.94. The summed E-state index contributed by atoms with van der Waals surface area (Å²) in [6.45, 7) is 1.05. The third-order valence-electron chi connectivity index (χ3n) is 5.52. The molecule has 6 nitrogen and oxygen atoms in total. The summed E-state index contributed by atoms with van der Waals surface area (Å²) in [5.41, 5.74) is 1.22. The van der Waals surface area contributed by atoms with Gasteiger partial charge in [-0.05, 0) is 35.9 Å². The van der Waals surface area contributed by atoms with Gasteiger partial charge in [-0.15, -0.1) is 0 Å². The first-order valence-electron chi connectivity index (χ1n) is 9.57. The van der Waals surface area contributed by atoms with Crippen molar-refractivity contribution in [3.8, 4) is 5.75 Å². The first kappa shape index (κ1) is 18.9. The molecule has 4 rings (SSSR count). The summed E-state index contributed by atoms with van der Waals surface area (Å²) in [6.07, 6.45) is 3.96. The lowest BCUT2D eigenvalue weighted by molar-refractivity contribution is -0.131. The molecule has 1 fully saturated rings. The van der Waals surface area contributed by atoms with Crippen molar-refractivity contribution in [2.24, 2.45) is 0 Å². The van der Waals surface area contributed by atoms with Gasteiger partial charge in [-0.1, -0.05) is 24.3 Å². The zero-order valence-corrected chi connectivity index (χ0v) is 15.8. The lowest BCUT2D eigenvalue weighted by atomic mass is 9.82. The molecule has 2 aliphatic rings. The van der Waals surface area contributed by atoms with Gasteiger partial charge < -0.3 is 14.7 Å². The Morgan fingerprint density at radius 2 is 1.79 bits per heavy atom. The number of ketones is 1. The zero-order chi connectivity index (χ0) is 20.4. The molecule has 0 atom stereocenters. The summed E-state index contributed by atoms with van der Waals surface area (Å²) in [6, 6.07) is 14.3. The molecule has 2 aliphatic heterocycles. The number of amides is 1. The average molecular weight is 391 g/mol. The molecule has 0 unspecified atom stereocenters. The van der Waals surface area contributed by atoms with Crippen LogP contribution in [0.1, 0.15) is 45.5 Å². The smallest absolute Gasteiger partial charge is 0.328 e. The van der Waals surface area contributed by atoms with Crippen molar-refractivity contribution in [2.75, 3.05) is 13.1 Å². The van der Waals surface area contributed by atoms with Crippen molar-refractivity contribution in [1.82, 2.24) is 4.90 Å². The van der Waals surface area contributed by atoms with Gasteiger partial charge >= 0.3 is 5.97 Å². The molecule has 1 amide bonds. The Balaban J connectivity index is 1.50. The predicted octanol–water partition coefficient (Wildman–Crippen LogP) is 3.42. The minimum absolute atomic E-state index is 0.0101. The highest BCUT2D eigenvalue weighted by molar-refractivity contribution is 6.01. The largest absolute Gasteiger partial charge is 0.486 e. The first-order chi connectivity index (χ1) is 14.0. The van der Waals surface area contributed by atoms with E-state index in [-0.39, 0.29) is 18.1 Å². The maximum Gasteiger partial charge on any atom is 0.328 e. The number of piperidine rings is 1. The fraction of sp³-hybridized carbons (Fsp3) is 0.261. The van der Waals surface area contributed by atoms with Gasteiger partial charge in [0.05, 0.1) is 12.0 Å². The van der Waals surface area contributed by atoms with Crippen LogP contribution in [-0.2, 0) is 4.79 Å². The van der Waals surface area contributed by atoms with Crippen LogP contribution in [0, 0.1) is 0 Å². The fourth-order valence-electron chi connectivity index (χ4n) is 3.94. The Labute approximate surface area is 168 Å². The van der Waals surface area contributed by atoms with E-state index < -0.39 is 11.6 Å². The second kappa shape index (κ2) is 7.54. The van der Waals surface area contributed by atoms with Crippen molar-refractivity contribution in [1.29, 1.82) is 0 Å². The van der Waals surface area contributed by atoms with Crippen LogP contribution in [0.25, 0.3) is 6.08 Å². The molecule has 0 radical (unpaired) electrons. The van der Waals surface area contributed by atoms with Crippen LogP contribution in [0.5, 0.6) is 5.75 Å².